The van der Waals surface area contributed by atoms with Crippen molar-refractivity contribution in [1.29, 1.82) is 0 Å². The number of likely N-dealkylation sites (tertiary alicyclic amines) is 1. The van der Waals surface area contributed by atoms with E-state index in [1.807, 2.05) is 37.8 Å². The Morgan fingerprint density at radius 1 is 1.30 bits per heavy atom. The van der Waals surface area contributed by atoms with Crippen LogP contribution in [-0.2, 0) is 4.79 Å². The van der Waals surface area contributed by atoms with Crippen molar-refractivity contribution in [3.8, 4) is 0 Å². The van der Waals surface area contributed by atoms with Crippen LogP contribution in [0.2, 0.25) is 0 Å². The van der Waals surface area contributed by atoms with Gasteiger partial charge in [-0.1, -0.05) is 15.9 Å². The molecule has 1 saturated heterocycles. The Kier molecular flexibility index (Phi) is 4.18. The molecule has 0 radical (unpaired) electrons. The van der Waals surface area contributed by atoms with E-state index in [9.17, 15) is 9.59 Å². The van der Waals surface area contributed by atoms with Crippen LogP contribution in [0.25, 0.3) is 0 Å². The quantitative estimate of drug-likeness (QED) is 0.900. The standard InChI is InChI=1S/C15H19BrN2O2/c1-15(2,3)18-9-12(8-13(18)19)17-14(20)10-4-6-11(16)7-5-10/h4-7,12H,8-9H2,1-3H3,(H,17,20). The van der Waals surface area contributed by atoms with Crippen LogP contribution in [0.3, 0.4) is 0 Å². The van der Waals surface area contributed by atoms with Crippen molar-refractivity contribution in [3.05, 3.63) is 34.3 Å². The van der Waals surface area contributed by atoms with Gasteiger partial charge in [0.25, 0.3) is 5.91 Å². The van der Waals surface area contributed by atoms with E-state index < -0.39 is 0 Å². The lowest BCUT2D eigenvalue weighted by Gasteiger charge is -2.32. The fraction of sp³-hybridized carbons (Fsp3) is 0.467. The van der Waals surface area contributed by atoms with Crippen LogP contribution >= 0.6 is 15.9 Å². The third-order valence-corrected chi connectivity index (χ3v) is 3.91. The lowest BCUT2D eigenvalue weighted by atomic mass is 10.1. The molecule has 2 rings (SSSR count). The van der Waals surface area contributed by atoms with E-state index in [0.717, 1.165) is 4.47 Å². The van der Waals surface area contributed by atoms with Gasteiger partial charge in [0.15, 0.2) is 0 Å². The molecular weight excluding hydrogens is 320 g/mol. The normalized spacial score (nSPS) is 19.3. The van der Waals surface area contributed by atoms with Gasteiger partial charge >= 0.3 is 0 Å². The Morgan fingerprint density at radius 2 is 1.90 bits per heavy atom. The SMILES string of the molecule is CC(C)(C)N1CC(NC(=O)c2ccc(Br)cc2)CC1=O. The maximum atomic E-state index is 12.1. The second kappa shape index (κ2) is 5.56. The Bertz CT molecular complexity index is 520. The molecule has 4 nitrogen and oxygen atoms in total. The molecule has 1 aromatic carbocycles. The first-order chi connectivity index (χ1) is 9.27. The number of amides is 2. The summed E-state index contributed by atoms with van der Waals surface area (Å²) in [5, 5.41) is 2.93. The number of rotatable bonds is 2. The molecule has 0 aliphatic carbocycles. The molecule has 1 aliphatic rings. The van der Waals surface area contributed by atoms with Crippen LogP contribution in [0.15, 0.2) is 28.7 Å². The first-order valence-corrected chi connectivity index (χ1v) is 7.43. The molecule has 1 N–H and O–H groups in total. The Balaban J connectivity index is 2.00. The number of carbonyl (C=O) groups excluding carboxylic acids is 2. The number of carbonyl (C=O) groups is 2. The van der Waals surface area contributed by atoms with Crippen LogP contribution in [-0.4, -0.2) is 34.8 Å². The molecule has 0 spiro atoms. The molecule has 1 fully saturated rings. The van der Waals surface area contributed by atoms with Gasteiger partial charge in [0.05, 0.1) is 6.04 Å². The first-order valence-electron chi connectivity index (χ1n) is 6.64. The minimum Gasteiger partial charge on any atom is -0.347 e. The van der Waals surface area contributed by atoms with Gasteiger partial charge in [0.1, 0.15) is 0 Å². The summed E-state index contributed by atoms with van der Waals surface area (Å²) in [5.74, 6) is -0.0373. The predicted octanol–water partition coefficient (Wildman–Crippen LogP) is 2.58. The van der Waals surface area contributed by atoms with Crippen molar-refractivity contribution in [3.63, 3.8) is 0 Å². The molecule has 0 bridgehead atoms. The summed E-state index contributed by atoms with van der Waals surface area (Å²) in [5.41, 5.74) is 0.406. The fourth-order valence-electron chi connectivity index (χ4n) is 2.32. The molecular formula is C15H19BrN2O2. The van der Waals surface area contributed by atoms with E-state index in [1.165, 1.54) is 0 Å². The minimum absolute atomic E-state index is 0.0959. The monoisotopic (exact) mass is 338 g/mol. The van der Waals surface area contributed by atoms with E-state index >= 15 is 0 Å². The largest absolute Gasteiger partial charge is 0.347 e. The summed E-state index contributed by atoms with van der Waals surface area (Å²) in [6.45, 7) is 6.59. The lowest BCUT2D eigenvalue weighted by Crippen LogP contribution is -2.44. The summed E-state index contributed by atoms with van der Waals surface area (Å²) < 4.78 is 0.934. The van der Waals surface area contributed by atoms with Crippen LogP contribution in [0.5, 0.6) is 0 Å². The third kappa shape index (κ3) is 3.39. The number of hydrogen-bond acceptors (Lipinski definition) is 2. The zero-order valence-electron chi connectivity index (χ0n) is 11.9. The summed E-state index contributed by atoms with van der Waals surface area (Å²) in [6, 6.07) is 7.07. The summed E-state index contributed by atoms with van der Waals surface area (Å²) in [4.78, 5) is 25.9. The van der Waals surface area contributed by atoms with E-state index in [4.69, 9.17) is 0 Å². The smallest absolute Gasteiger partial charge is 0.251 e. The average molecular weight is 339 g/mol. The highest BCUT2D eigenvalue weighted by molar-refractivity contribution is 9.10. The molecule has 2 amide bonds. The van der Waals surface area contributed by atoms with Crippen LogP contribution in [0, 0.1) is 0 Å². The molecule has 1 aromatic rings. The van der Waals surface area contributed by atoms with Crippen molar-refractivity contribution in [2.45, 2.75) is 38.8 Å². The third-order valence-electron chi connectivity index (χ3n) is 3.38. The van der Waals surface area contributed by atoms with Gasteiger partial charge in [-0.2, -0.15) is 0 Å². The molecule has 1 heterocycles. The van der Waals surface area contributed by atoms with Crippen molar-refractivity contribution in [2.75, 3.05) is 6.54 Å². The zero-order chi connectivity index (χ0) is 14.9. The molecule has 1 unspecified atom stereocenters. The fourth-order valence-corrected chi connectivity index (χ4v) is 2.59. The molecule has 1 atom stereocenters. The number of nitrogens with one attached hydrogen (secondary N) is 1. The number of halogens is 1. The van der Waals surface area contributed by atoms with E-state index in [0.29, 0.717) is 18.5 Å². The van der Waals surface area contributed by atoms with Gasteiger partial charge in [-0.3, -0.25) is 9.59 Å². The molecule has 0 saturated carbocycles. The second-order valence-electron chi connectivity index (χ2n) is 6.06. The molecule has 1 aliphatic heterocycles. The zero-order valence-corrected chi connectivity index (χ0v) is 13.5. The van der Waals surface area contributed by atoms with Crippen molar-refractivity contribution in [2.24, 2.45) is 0 Å². The number of hydrogen-bond donors (Lipinski definition) is 1. The molecule has 0 aromatic heterocycles. The van der Waals surface area contributed by atoms with Gasteiger partial charge in [0.2, 0.25) is 5.91 Å². The van der Waals surface area contributed by atoms with Gasteiger partial charge in [-0.05, 0) is 45.0 Å². The first kappa shape index (κ1) is 15.0. The van der Waals surface area contributed by atoms with Crippen molar-refractivity contribution >= 4 is 27.7 Å². The number of nitrogens with zero attached hydrogens (tertiary/aromatic N) is 1. The lowest BCUT2D eigenvalue weighted by molar-refractivity contribution is -0.131. The van der Waals surface area contributed by atoms with Crippen LogP contribution in [0.1, 0.15) is 37.6 Å². The van der Waals surface area contributed by atoms with Crippen LogP contribution < -0.4 is 5.32 Å². The van der Waals surface area contributed by atoms with Crippen LogP contribution in [0.4, 0.5) is 0 Å². The molecule has 108 valence electrons. The average Bonchev–Trinajstić information content (AvgIpc) is 2.70. The van der Waals surface area contributed by atoms with Gasteiger partial charge < -0.3 is 10.2 Å². The highest BCUT2D eigenvalue weighted by Gasteiger charge is 2.36. The van der Waals surface area contributed by atoms with E-state index in [2.05, 4.69) is 21.2 Å². The summed E-state index contributed by atoms with van der Waals surface area (Å²) in [7, 11) is 0. The highest BCUT2D eigenvalue weighted by Crippen LogP contribution is 2.22. The Hall–Kier alpha value is -1.36. The van der Waals surface area contributed by atoms with E-state index in [-0.39, 0.29) is 23.4 Å². The van der Waals surface area contributed by atoms with Crippen molar-refractivity contribution < 1.29 is 9.59 Å². The topological polar surface area (TPSA) is 49.4 Å². The molecule has 5 heteroatoms. The maximum absolute atomic E-state index is 12.1. The number of benzene rings is 1. The molecule has 20 heavy (non-hydrogen) atoms. The highest BCUT2D eigenvalue weighted by atomic mass is 79.9. The maximum Gasteiger partial charge on any atom is 0.251 e. The van der Waals surface area contributed by atoms with Gasteiger partial charge in [0, 0.05) is 28.5 Å². The van der Waals surface area contributed by atoms with Gasteiger partial charge in [-0.15, -0.1) is 0 Å². The van der Waals surface area contributed by atoms with Gasteiger partial charge in [-0.25, -0.2) is 0 Å². The second-order valence-corrected chi connectivity index (χ2v) is 6.97. The summed E-state index contributed by atoms with van der Waals surface area (Å²) in [6.07, 6.45) is 0.375. The summed E-state index contributed by atoms with van der Waals surface area (Å²) >= 11 is 3.34. The van der Waals surface area contributed by atoms with E-state index in [1.54, 1.807) is 12.1 Å². The van der Waals surface area contributed by atoms with Crippen molar-refractivity contribution in [1.82, 2.24) is 10.2 Å². The predicted molar refractivity (Wildman–Crippen MR) is 81.5 cm³/mol. The minimum atomic E-state index is -0.200. The Labute approximate surface area is 127 Å². The Morgan fingerprint density at radius 3 is 2.40 bits per heavy atom.